The Hall–Kier alpha value is -1.54. The van der Waals surface area contributed by atoms with Crippen LogP contribution < -0.4 is 5.32 Å². The van der Waals surface area contributed by atoms with Crippen LogP contribution in [0.15, 0.2) is 48.6 Å². The summed E-state index contributed by atoms with van der Waals surface area (Å²) in [6.07, 6.45) is 98.9. The molecular weight excluding hydrogens is 1130 g/mol. The highest BCUT2D eigenvalue weighted by atomic mass is 31.2. The van der Waals surface area contributed by atoms with Gasteiger partial charge in [-0.15, -0.1) is 0 Å². The standard InChI is InChI=1S/C81H157N2O6P/c1-6-8-10-12-14-16-18-20-22-24-26-28-30-32-34-36-38-39-40-41-42-43-45-47-49-51-53-55-57-59-61-63-65-67-69-71-73-75-81(85)82-79(78-89-90(86,87)88-77-76-83(3,4)5)80(84)74-72-70-68-66-64-62-60-58-56-54-52-50-48-46-44-37-35-33-31-29-27-25-23-21-19-17-15-13-11-9-7-2/h24,26,56,58,64,66,72,74,79-80,84H,6-23,25,27-55,57,59-63,65,67-71,73,75-78H2,1-5H3,(H-,82,85,86,87)/p+1/b26-24-,58-56+,66-64+,74-72+. The van der Waals surface area contributed by atoms with Crippen LogP contribution in [0, 0.1) is 0 Å². The molecule has 0 aliphatic carbocycles. The fraction of sp³-hybridized carbons (Fsp3) is 0.889. The van der Waals surface area contributed by atoms with Gasteiger partial charge in [0, 0.05) is 6.42 Å². The van der Waals surface area contributed by atoms with Crippen LogP contribution in [0.1, 0.15) is 412 Å². The second-order valence-corrected chi connectivity index (χ2v) is 30.2. The summed E-state index contributed by atoms with van der Waals surface area (Å²) >= 11 is 0. The molecule has 0 aromatic heterocycles. The Bertz CT molecular complexity index is 1610. The molecule has 0 fully saturated rings. The van der Waals surface area contributed by atoms with Crippen LogP contribution in [0.4, 0.5) is 0 Å². The third-order valence-corrected chi connectivity index (χ3v) is 19.5. The second-order valence-electron chi connectivity index (χ2n) is 28.8. The summed E-state index contributed by atoms with van der Waals surface area (Å²) in [4.78, 5) is 23.5. The number of hydrogen-bond acceptors (Lipinski definition) is 5. The highest BCUT2D eigenvalue weighted by Gasteiger charge is 2.28. The van der Waals surface area contributed by atoms with Crippen LogP contribution in [0.5, 0.6) is 0 Å². The molecule has 0 heterocycles. The third-order valence-electron chi connectivity index (χ3n) is 18.5. The first-order valence-corrected chi connectivity index (χ1v) is 41.5. The van der Waals surface area contributed by atoms with Gasteiger partial charge in [-0.3, -0.25) is 13.8 Å². The number of carbonyl (C=O) groups excluding carboxylic acids is 1. The van der Waals surface area contributed by atoms with E-state index in [0.717, 1.165) is 44.9 Å². The summed E-state index contributed by atoms with van der Waals surface area (Å²) in [5.41, 5.74) is 0. The number of aliphatic hydroxyl groups is 1. The number of phosphoric acid groups is 1. The molecule has 0 aromatic carbocycles. The monoisotopic (exact) mass is 1290 g/mol. The molecule has 532 valence electrons. The minimum absolute atomic E-state index is 0.0548. The van der Waals surface area contributed by atoms with Crippen molar-refractivity contribution in [2.24, 2.45) is 0 Å². The van der Waals surface area contributed by atoms with Crippen LogP contribution in [-0.2, 0) is 18.4 Å². The number of aliphatic hydroxyl groups excluding tert-OH is 1. The van der Waals surface area contributed by atoms with Gasteiger partial charge in [-0.1, -0.05) is 383 Å². The molecule has 90 heavy (non-hydrogen) atoms. The normalized spacial score (nSPS) is 13.7. The maximum Gasteiger partial charge on any atom is 0.472 e. The van der Waals surface area contributed by atoms with E-state index in [4.69, 9.17) is 9.05 Å². The topological polar surface area (TPSA) is 105 Å². The Labute approximate surface area is 562 Å². The van der Waals surface area contributed by atoms with E-state index in [9.17, 15) is 19.4 Å². The lowest BCUT2D eigenvalue weighted by Gasteiger charge is -2.25. The first-order valence-electron chi connectivity index (χ1n) is 40.0. The van der Waals surface area contributed by atoms with Gasteiger partial charge in [-0.05, 0) is 70.6 Å². The summed E-state index contributed by atoms with van der Waals surface area (Å²) < 4.78 is 23.9. The molecular formula is C81H158N2O6P+. The number of quaternary nitrogens is 1. The summed E-state index contributed by atoms with van der Waals surface area (Å²) in [6.45, 7) is 4.85. The van der Waals surface area contributed by atoms with Crippen LogP contribution in [0.2, 0.25) is 0 Å². The molecule has 3 unspecified atom stereocenters. The molecule has 3 N–H and O–H groups in total. The number of unbranched alkanes of at least 4 members (excludes halogenated alkanes) is 56. The van der Waals surface area contributed by atoms with E-state index >= 15 is 0 Å². The van der Waals surface area contributed by atoms with Gasteiger partial charge in [0.1, 0.15) is 13.2 Å². The van der Waals surface area contributed by atoms with Gasteiger partial charge in [0.25, 0.3) is 0 Å². The number of rotatable bonds is 75. The van der Waals surface area contributed by atoms with E-state index in [1.165, 1.54) is 347 Å². The summed E-state index contributed by atoms with van der Waals surface area (Å²) in [5, 5.41) is 14.0. The molecule has 0 bridgehead atoms. The van der Waals surface area contributed by atoms with Gasteiger partial charge in [-0.25, -0.2) is 4.57 Å². The quantitative estimate of drug-likeness (QED) is 0.0243. The number of likely N-dealkylation sites (N-methyl/N-ethyl adjacent to an activating group) is 1. The molecule has 0 aliphatic rings. The van der Waals surface area contributed by atoms with E-state index in [1.807, 2.05) is 27.2 Å². The number of allylic oxidation sites excluding steroid dienone is 7. The number of hydrogen-bond donors (Lipinski definition) is 3. The fourth-order valence-corrected chi connectivity index (χ4v) is 13.0. The molecule has 8 nitrogen and oxygen atoms in total. The van der Waals surface area contributed by atoms with Gasteiger partial charge >= 0.3 is 7.82 Å². The average Bonchev–Trinajstić information content (AvgIpc) is 3.18. The van der Waals surface area contributed by atoms with E-state index in [-0.39, 0.29) is 19.1 Å². The lowest BCUT2D eigenvalue weighted by molar-refractivity contribution is -0.870. The number of nitrogens with one attached hydrogen (secondary N) is 1. The Morgan fingerprint density at radius 1 is 0.367 bits per heavy atom. The highest BCUT2D eigenvalue weighted by Crippen LogP contribution is 2.43. The number of nitrogens with zero attached hydrogens (tertiary/aromatic N) is 1. The van der Waals surface area contributed by atoms with Crippen molar-refractivity contribution in [1.82, 2.24) is 5.32 Å². The molecule has 0 saturated carbocycles. The Morgan fingerprint density at radius 3 is 0.889 bits per heavy atom. The van der Waals surface area contributed by atoms with Gasteiger partial charge in [0.05, 0.1) is 39.9 Å². The molecule has 9 heteroatoms. The molecule has 1 amide bonds. The predicted octanol–water partition coefficient (Wildman–Crippen LogP) is 26.1. The maximum absolute atomic E-state index is 13.1. The van der Waals surface area contributed by atoms with Gasteiger partial charge in [0.2, 0.25) is 5.91 Å². The van der Waals surface area contributed by atoms with E-state index < -0.39 is 20.0 Å². The van der Waals surface area contributed by atoms with Crippen molar-refractivity contribution in [1.29, 1.82) is 0 Å². The van der Waals surface area contributed by atoms with E-state index in [2.05, 4.69) is 55.6 Å². The molecule has 0 saturated heterocycles. The molecule has 0 aromatic rings. The number of amides is 1. The number of carbonyl (C=O) groups is 1. The van der Waals surface area contributed by atoms with Gasteiger partial charge in [-0.2, -0.15) is 0 Å². The smallest absolute Gasteiger partial charge is 0.387 e. The zero-order chi connectivity index (χ0) is 65.5. The Balaban J connectivity index is 3.99. The maximum atomic E-state index is 13.1. The summed E-state index contributed by atoms with van der Waals surface area (Å²) in [7, 11) is 1.56. The molecule has 0 aliphatic heterocycles. The predicted molar refractivity (Wildman–Crippen MR) is 397 cm³/mol. The van der Waals surface area contributed by atoms with Crippen molar-refractivity contribution in [2.75, 3.05) is 40.9 Å². The van der Waals surface area contributed by atoms with Crippen molar-refractivity contribution in [3.63, 3.8) is 0 Å². The van der Waals surface area contributed by atoms with Crippen LogP contribution >= 0.6 is 7.82 Å². The van der Waals surface area contributed by atoms with Crippen LogP contribution in [-0.4, -0.2) is 73.4 Å². The first kappa shape index (κ1) is 88.5. The Kier molecular flexibility index (Phi) is 70.5. The minimum atomic E-state index is -4.37. The molecule has 0 rings (SSSR count). The van der Waals surface area contributed by atoms with Crippen LogP contribution in [0.3, 0.4) is 0 Å². The van der Waals surface area contributed by atoms with Crippen molar-refractivity contribution in [2.45, 2.75) is 424 Å². The summed E-state index contributed by atoms with van der Waals surface area (Å²) in [5.74, 6) is -0.183. The lowest BCUT2D eigenvalue weighted by atomic mass is 10.0. The zero-order valence-electron chi connectivity index (χ0n) is 61.2. The summed E-state index contributed by atoms with van der Waals surface area (Å²) in [6, 6.07) is -0.871. The SMILES string of the molecule is CCCCCCCCCC/C=C\CCCCCCCCCCCCCCCCCCCCCCCCCCCC(=O)NC(COP(=O)(O)OCC[N+](C)(C)C)C(O)/C=C/CC/C=C/CC/C=C/CCCCCCCCCCCCCCCCCCCCCCC. The van der Waals surface area contributed by atoms with Gasteiger partial charge in [0.15, 0.2) is 0 Å². The number of phosphoric ester groups is 1. The molecule has 0 spiro atoms. The van der Waals surface area contributed by atoms with Gasteiger partial charge < -0.3 is 19.8 Å². The first-order chi connectivity index (χ1) is 44.0. The molecule has 3 atom stereocenters. The van der Waals surface area contributed by atoms with E-state index in [1.54, 1.807) is 6.08 Å². The largest absolute Gasteiger partial charge is 0.472 e. The highest BCUT2D eigenvalue weighted by molar-refractivity contribution is 7.47. The fourth-order valence-electron chi connectivity index (χ4n) is 12.3. The molecule has 0 radical (unpaired) electrons. The minimum Gasteiger partial charge on any atom is -0.387 e. The average molecular weight is 1290 g/mol. The van der Waals surface area contributed by atoms with Crippen LogP contribution in [0.25, 0.3) is 0 Å². The Morgan fingerprint density at radius 2 is 0.611 bits per heavy atom. The van der Waals surface area contributed by atoms with E-state index in [0.29, 0.717) is 17.4 Å². The van der Waals surface area contributed by atoms with Crippen molar-refractivity contribution < 1.29 is 32.9 Å². The van der Waals surface area contributed by atoms with Crippen molar-refractivity contribution in [3.8, 4) is 0 Å². The van der Waals surface area contributed by atoms with Crippen molar-refractivity contribution >= 4 is 13.7 Å². The lowest BCUT2D eigenvalue weighted by Crippen LogP contribution is -2.45. The second kappa shape index (κ2) is 71.7. The zero-order valence-corrected chi connectivity index (χ0v) is 62.1. The third kappa shape index (κ3) is 73.9. The van der Waals surface area contributed by atoms with Crippen molar-refractivity contribution in [3.05, 3.63) is 48.6 Å².